The molecule has 1 aromatic heterocycles. The maximum atomic E-state index is 11.9. The summed E-state index contributed by atoms with van der Waals surface area (Å²) >= 11 is 12.1. The highest BCUT2D eigenvalue weighted by Crippen LogP contribution is 2.44. The molecule has 1 amide bonds. The van der Waals surface area contributed by atoms with Crippen molar-refractivity contribution in [1.29, 1.82) is 0 Å². The first-order valence-electron chi connectivity index (χ1n) is 7.06. The zero-order valence-corrected chi connectivity index (χ0v) is 13.4. The van der Waals surface area contributed by atoms with Gasteiger partial charge in [0.2, 0.25) is 5.91 Å². The van der Waals surface area contributed by atoms with Crippen LogP contribution in [0, 0.1) is 0 Å². The summed E-state index contributed by atoms with van der Waals surface area (Å²) in [5.74, 6) is 0.00311. The van der Waals surface area contributed by atoms with Crippen molar-refractivity contribution in [1.82, 2.24) is 10.2 Å². The minimum absolute atomic E-state index is 0.0413. The average molecular weight is 340 g/mol. The molecule has 116 valence electrons. The molecule has 0 saturated carbocycles. The maximum absolute atomic E-state index is 11.9. The van der Waals surface area contributed by atoms with Crippen molar-refractivity contribution in [2.24, 2.45) is 0 Å². The number of rotatable bonds is 3. The van der Waals surface area contributed by atoms with Crippen LogP contribution >= 0.6 is 23.2 Å². The van der Waals surface area contributed by atoms with Gasteiger partial charge in [-0.05, 0) is 18.6 Å². The number of aryl methyl sites for hydroxylation is 1. The van der Waals surface area contributed by atoms with Crippen molar-refractivity contribution in [2.75, 3.05) is 5.32 Å². The molecule has 0 saturated heterocycles. The number of nitrogens with one attached hydrogen (secondary N) is 2. The van der Waals surface area contributed by atoms with Crippen molar-refractivity contribution in [3.8, 4) is 5.75 Å². The Morgan fingerprint density at radius 1 is 1.41 bits per heavy atom. The van der Waals surface area contributed by atoms with Crippen LogP contribution in [0.15, 0.2) is 12.1 Å². The lowest BCUT2D eigenvalue weighted by molar-refractivity contribution is -0.116. The second kappa shape index (κ2) is 5.82. The van der Waals surface area contributed by atoms with Gasteiger partial charge in [-0.15, -0.1) is 0 Å². The van der Waals surface area contributed by atoms with Gasteiger partial charge in [-0.3, -0.25) is 9.89 Å². The van der Waals surface area contributed by atoms with Gasteiger partial charge in [0, 0.05) is 34.2 Å². The Bertz CT molecular complexity index is 743. The van der Waals surface area contributed by atoms with Crippen molar-refractivity contribution >= 4 is 34.9 Å². The fourth-order valence-electron chi connectivity index (χ4n) is 2.89. The van der Waals surface area contributed by atoms with E-state index in [2.05, 4.69) is 22.4 Å². The van der Waals surface area contributed by atoms with E-state index in [1.807, 2.05) is 0 Å². The minimum Gasteiger partial charge on any atom is -0.506 e. The molecule has 0 radical (unpaired) electrons. The quantitative estimate of drug-likeness (QED) is 0.794. The van der Waals surface area contributed by atoms with Crippen LogP contribution in [-0.4, -0.2) is 21.2 Å². The molecule has 1 aliphatic heterocycles. The summed E-state index contributed by atoms with van der Waals surface area (Å²) in [4.78, 5) is 11.9. The SMILES string of the molecule is CCCc1[nH]nc2c1C(c1cc(Cl)cc(Cl)c1O)CC(=O)N2. The highest BCUT2D eigenvalue weighted by Gasteiger charge is 2.33. The van der Waals surface area contributed by atoms with E-state index in [9.17, 15) is 9.90 Å². The standard InChI is InChI=1S/C15H15Cl2N3O2/c1-2-3-11-13-8(6-12(21)18-15(13)20-19-11)9-4-7(16)5-10(17)14(9)22/h4-5,8,22H,2-3,6H2,1H3,(H2,18,19,20,21). The average Bonchev–Trinajstić information content (AvgIpc) is 2.85. The van der Waals surface area contributed by atoms with E-state index >= 15 is 0 Å². The maximum Gasteiger partial charge on any atom is 0.226 e. The number of amides is 1. The number of halogens is 2. The van der Waals surface area contributed by atoms with Gasteiger partial charge in [0.15, 0.2) is 5.82 Å². The molecule has 1 unspecified atom stereocenters. The number of fused-ring (bicyclic) bond motifs is 1. The Morgan fingerprint density at radius 3 is 2.91 bits per heavy atom. The molecular weight excluding hydrogens is 325 g/mol. The predicted octanol–water partition coefficient (Wildman–Crippen LogP) is 3.85. The number of anilines is 1. The lowest BCUT2D eigenvalue weighted by Crippen LogP contribution is -2.23. The zero-order valence-electron chi connectivity index (χ0n) is 11.9. The molecule has 0 aliphatic carbocycles. The topological polar surface area (TPSA) is 78.0 Å². The van der Waals surface area contributed by atoms with Crippen molar-refractivity contribution < 1.29 is 9.90 Å². The zero-order chi connectivity index (χ0) is 15.9. The number of aromatic amines is 1. The number of aromatic nitrogens is 2. The number of carbonyl (C=O) groups excluding carboxylic acids is 1. The third-order valence-corrected chi connectivity index (χ3v) is 4.32. The smallest absolute Gasteiger partial charge is 0.226 e. The molecule has 7 heteroatoms. The third kappa shape index (κ3) is 2.55. The molecule has 0 bridgehead atoms. The molecule has 3 N–H and O–H groups in total. The van der Waals surface area contributed by atoms with E-state index < -0.39 is 0 Å². The molecule has 5 nitrogen and oxygen atoms in total. The molecule has 3 rings (SSSR count). The van der Waals surface area contributed by atoms with Gasteiger partial charge < -0.3 is 10.4 Å². The van der Waals surface area contributed by atoms with Gasteiger partial charge in [-0.1, -0.05) is 36.5 Å². The van der Waals surface area contributed by atoms with Crippen LogP contribution < -0.4 is 5.32 Å². The lowest BCUT2D eigenvalue weighted by Gasteiger charge is -2.24. The monoisotopic (exact) mass is 339 g/mol. The number of nitrogens with zero attached hydrogens (tertiary/aromatic N) is 1. The highest BCUT2D eigenvalue weighted by atomic mass is 35.5. The fourth-order valence-corrected chi connectivity index (χ4v) is 3.39. The Hall–Kier alpha value is -1.72. The Morgan fingerprint density at radius 2 is 2.18 bits per heavy atom. The second-order valence-corrected chi connectivity index (χ2v) is 6.19. The van der Waals surface area contributed by atoms with Crippen LogP contribution in [0.2, 0.25) is 10.0 Å². The molecule has 1 aliphatic rings. The molecule has 1 aromatic carbocycles. The summed E-state index contributed by atoms with van der Waals surface area (Å²) in [6.45, 7) is 2.07. The van der Waals surface area contributed by atoms with E-state index in [-0.39, 0.29) is 29.0 Å². The number of phenolic OH excluding ortho intramolecular Hbond substituents is 1. The first-order chi connectivity index (χ1) is 10.5. The predicted molar refractivity (Wildman–Crippen MR) is 85.8 cm³/mol. The van der Waals surface area contributed by atoms with Crippen molar-refractivity contribution in [2.45, 2.75) is 32.1 Å². The Labute approximate surface area is 137 Å². The molecular formula is C15H15Cl2N3O2. The molecule has 22 heavy (non-hydrogen) atoms. The Kier molecular flexibility index (Phi) is 4.02. The van der Waals surface area contributed by atoms with E-state index in [1.54, 1.807) is 6.07 Å². The van der Waals surface area contributed by atoms with Crippen LogP contribution in [0.4, 0.5) is 5.82 Å². The summed E-state index contributed by atoms with van der Waals surface area (Å²) < 4.78 is 0. The first kappa shape index (κ1) is 15.2. The van der Waals surface area contributed by atoms with Crippen molar-refractivity contribution in [3.05, 3.63) is 39.0 Å². The second-order valence-electron chi connectivity index (χ2n) is 5.34. The van der Waals surface area contributed by atoms with E-state index in [1.165, 1.54) is 6.07 Å². The summed E-state index contributed by atoms with van der Waals surface area (Å²) in [5, 5.41) is 20.8. The summed E-state index contributed by atoms with van der Waals surface area (Å²) in [6.07, 6.45) is 1.97. The van der Waals surface area contributed by atoms with Crippen molar-refractivity contribution in [3.63, 3.8) is 0 Å². The number of aromatic hydroxyl groups is 1. The highest BCUT2D eigenvalue weighted by molar-refractivity contribution is 6.35. The van der Waals surface area contributed by atoms with Crippen LogP contribution in [-0.2, 0) is 11.2 Å². The lowest BCUT2D eigenvalue weighted by atomic mass is 9.84. The number of hydrogen-bond acceptors (Lipinski definition) is 3. The largest absolute Gasteiger partial charge is 0.506 e. The van der Waals surface area contributed by atoms with Gasteiger partial charge >= 0.3 is 0 Å². The van der Waals surface area contributed by atoms with Gasteiger partial charge in [0.1, 0.15) is 5.75 Å². The van der Waals surface area contributed by atoms with Gasteiger partial charge in [0.25, 0.3) is 0 Å². The fraction of sp³-hybridized carbons (Fsp3) is 0.333. The normalized spacial score (nSPS) is 17.2. The van der Waals surface area contributed by atoms with Gasteiger partial charge in [-0.2, -0.15) is 5.10 Å². The third-order valence-electron chi connectivity index (χ3n) is 3.81. The van der Waals surface area contributed by atoms with E-state index in [4.69, 9.17) is 23.2 Å². The number of carbonyl (C=O) groups is 1. The number of phenols is 1. The van der Waals surface area contributed by atoms with Crippen LogP contribution in [0.1, 0.15) is 42.5 Å². The number of hydrogen-bond donors (Lipinski definition) is 3. The molecule has 2 heterocycles. The molecule has 2 aromatic rings. The van der Waals surface area contributed by atoms with Gasteiger partial charge in [0.05, 0.1) is 5.02 Å². The molecule has 0 fully saturated rings. The number of benzene rings is 1. The first-order valence-corrected chi connectivity index (χ1v) is 7.81. The van der Waals surface area contributed by atoms with E-state index in [0.717, 1.165) is 24.1 Å². The summed E-state index contributed by atoms with van der Waals surface area (Å²) in [5.41, 5.74) is 2.40. The van der Waals surface area contributed by atoms with Crippen LogP contribution in [0.3, 0.4) is 0 Å². The molecule has 1 atom stereocenters. The number of H-pyrrole nitrogens is 1. The summed E-state index contributed by atoms with van der Waals surface area (Å²) in [7, 11) is 0. The van der Waals surface area contributed by atoms with Crippen LogP contribution in [0.5, 0.6) is 5.75 Å². The summed E-state index contributed by atoms with van der Waals surface area (Å²) in [6, 6.07) is 3.13. The van der Waals surface area contributed by atoms with Crippen LogP contribution in [0.25, 0.3) is 0 Å². The Balaban J connectivity index is 2.16. The van der Waals surface area contributed by atoms with Gasteiger partial charge in [-0.25, -0.2) is 0 Å². The van der Waals surface area contributed by atoms with E-state index in [0.29, 0.717) is 16.4 Å². The molecule has 0 spiro atoms. The minimum atomic E-state index is -0.319.